The van der Waals surface area contributed by atoms with E-state index in [0.717, 1.165) is 6.04 Å². The van der Waals surface area contributed by atoms with Gasteiger partial charge in [0.05, 0.1) is 0 Å². The van der Waals surface area contributed by atoms with Crippen LogP contribution in [0, 0.1) is 5.41 Å². The molecule has 2 heteroatoms. The molecule has 2 nitrogen and oxygen atoms in total. The van der Waals surface area contributed by atoms with Gasteiger partial charge in [-0.1, -0.05) is 20.8 Å². The molecule has 2 bridgehead atoms. The molecule has 0 amide bonds. The molecule has 3 rings (SSSR count). The summed E-state index contributed by atoms with van der Waals surface area (Å²) in [5.41, 5.74) is 0.979. The van der Waals surface area contributed by atoms with Gasteiger partial charge in [-0.3, -0.25) is 4.90 Å². The van der Waals surface area contributed by atoms with E-state index in [2.05, 4.69) is 51.8 Å². The van der Waals surface area contributed by atoms with E-state index in [4.69, 9.17) is 0 Å². The summed E-state index contributed by atoms with van der Waals surface area (Å²) >= 11 is 0. The Kier molecular flexibility index (Phi) is 2.67. The van der Waals surface area contributed by atoms with E-state index in [1.54, 1.807) is 0 Å². The van der Waals surface area contributed by atoms with Gasteiger partial charge in [0, 0.05) is 30.2 Å². The van der Waals surface area contributed by atoms with Gasteiger partial charge in [0.2, 0.25) is 0 Å². The van der Waals surface area contributed by atoms with Crippen molar-refractivity contribution in [3.63, 3.8) is 0 Å². The van der Waals surface area contributed by atoms with Crippen LogP contribution in [0.15, 0.2) is 0 Å². The standard InChI is InChI=1S/C14H28N2/c1-12(2,3)14-8-7-11(15-10-14)9-16(14)13(4,5)6/h11,15H,7-10H2,1-6H3. The minimum atomic E-state index is 0.286. The largest absolute Gasteiger partial charge is 0.311 e. The van der Waals surface area contributed by atoms with E-state index >= 15 is 0 Å². The van der Waals surface area contributed by atoms with Crippen LogP contribution in [-0.2, 0) is 0 Å². The summed E-state index contributed by atoms with van der Waals surface area (Å²) in [6.45, 7) is 16.7. The summed E-state index contributed by atoms with van der Waals surface area (Å²) in [5, 5.41) is 3.73. The molecule has 3 heterocycles. The maximum atomic E-state index is 3.73. The van der Waals surface area contributed by atoms with Gasteiger partial charge in [0.15, 0.2) is 0 Å². The van der Waals surface area contributed by atoms with Crippen LogP contribution >= 0.6 is 0 Å². The van der Waals surface area contributed by atoms with Crippen molar-refractivity contribution >= 4 is 0 Å². The zero-order chi connectivity index (χ0) is 12.2. The molecule has 2 atom stereocenters. The van der Waals surface area contributed by atoms with Gasteiger partial charge >= 0.3 is 0 Å². The number of piperazine rings is 1. The van der Waals surface area contributed by atoms with Gasteiger partial charge in [-0.05, 0) is 39.0 Å². The van der Waals surface area contributed by atoms with Crippen molar-refractivity contribution in [1.82, 2.24) is 10.2 Å². The van der Waals surface area contributed by atoms with Crippen LogP contribution in [0.2, 0.25) is 0 Å². The quantitative estimate of drug-likeness (QED) is 0.680. The summed E-state index contributed by atoms with van der Waals surface area (Å²) in [6, 6.07) is 0.725. The molecule has 1 N–H and O–H groups in total. The predicted octanol–water partition coefficient (Wildman–Crippen LogP) is 2.64. The lowest BCUT2D eigenvalue weighted by molar-refractivity contribution is -0.123. The van der Waals surface area contributed by atoms with Crippen molar-refractivity contribution in [2.75, 3.05) is 13.1 Å². The minimum Gasteiger partial charge on any atom is -0.311 e. The fourth-order valence-electron chi connectivity index (χ4n) is 3.66. The highest BCUT2D eigenvalue weighted by molar-refractivity contribution is 5.12. The Labute approximate surface area is 101 Å². The summed E-state index contributed by atoms with van der Waals surface area (Å²) in [6.07, 6.45) is 2.70. The maximum Gasteiger partial charge on any atom is 0.0388 e. The number of nitrogens with one attached hydrogen (secondary N) is 1. The zero-order valence-electron chi connectivity index (χ0n) is 11.9. The van der Waals surface area contributed by atoms with Crippen molar-refractivity contribution in [3.8, 4) is 0 Å². The summed E-state index contributed by atoms with van der Waals surface area (Å²) in [7, 11) is 0. The summed E-state index contributed by atoms with van der Waals surface area (Å²) < 4.78 is 0. The van der Waals surface area contributed by atoms with Crippen LogP contribution in [0.1, 0.15) is 54.4 Å². The molecule has 94 valence electrons. The first-order chi connectivity index (χ1) is 7.17. The van der Waals surface area contributed by atoms with E-state index in [1.165, 1.54) is 25.9 Å². The number of hydrogen-bond donors (Lipinski definition) is 1. The van der Waals surface area contributed by atoms with Gasteiger partial charge in [-0.2, -0.15) is 0 Å². The van der Waals surface area contributed by atoms with Crippen molar-refractivity contribution in [2.24, 2.45) is 5.41 Å². The highest BCUT2D eigenvalue weighted by Crippen LogP contribution is 2.47. The Bertz CT molecular complexity index is 261. The van der Waals surface area contributed by atoms with Gasteiger partial charge in [0.1, 0.15) is 0 Å². The molecule has 3 saturated heterocycles. The maximum absolute atomic E-state index is 3.73. The Morgan fingerprint density at radius 2 is 1.75 bits per heavy atom. The molecule has 0 aliphatic carbocycles. The fourth-order valence-corrected chi connectivity index (χ4v) is 3.66. The topological polar surface area (TPSA) is 15.3 Å². The average Bonchev–Trinajstić information content (AvgIpc) is 2.16. The Morgan fingerprint density at radius 3 is 2.06 bits per heavy atom. The van der Waals surface area contributed by atoms with Gasteiger partial charge < -0.3 is 5.32 Å². The molecule has 16 heavy (non-hydrogen) atoms. The third-order valence-electron chi connectivity index (χ3n) is 4.72. The highest BCUT2D eigenvalue weighted by atomic mass is 15.3. The van der Waals surface area contributed by atoms with E-state index in [9.17, 15) is 0 Å². The Morgan fingerprint density at radius 1 is 1.12 bits per heavy atom. The van der Waals surface area contributed by atoms with Crippen LogP contribution in [0.4, 0.5) is 0 Å². The molecule has 0 radical (unpaired) electrons. The SMILES string of the molecule is CC(C)(C)N1CC2CCC1(C(C)(C)C)CN2. The van der Waals surface area contributed by atoms with Gasteiger partial charge in [-0.25, -0.2) is 0 Å². The highest BCUT2D eigenvalue weighted by Gasteiger charge is 2.55. The van der Waals surface area contributed by atoms with E-state index < -0.39 is 0 Å². The molecule has 0 aromatic heterocycles. The smallest absolute Gasteiger partial charge is 0.0388 e. The summed E-state index contributed by atoms with van der Waals surface area (Å²) in [5.74, 6) is 0. The molecule has 2 unspecified atom stereocenters. The normalized spacial score (nSPS) is 36.8. The fraction of sp³-hybridized carbons (Fsp3) is 1.00. The first-order valence-corrected chi connectivity index (χ1v) is 6.68. The number of piperidine rings is 2. The first kappa shape index (κ1) is 12.4. The molecule has 0 aromatic carbocycles. The van der Waals surface area contributed by atoms with E-state index in [-0.39, 0.29) is 5.54 Å². The van der Waals surface area contributed by atoms with Crippen LogP contribution < -0.4 is 5.32 Å². The first-order valence-electron chi connectivity index (χ1n) is 6.68. The third-order valence-corrected chi connectivity index (χ3v) is 4.72. The second kappa shape index (κ2) is 3.46. The van der Waals surface area contributed by atoms with Crippen molar-refractivity contribution in [3.05, 3.63) is 0 Å². The number of rotatable bonds is 0. The molecule has 3 fully saturated rings. The molecule has 3 aliphatic rings. The molecule has 3 aliphatic heterocycles. The van der Waals surface area contributed by atoms with Crippen molar-refractivity contribution in [2.45, 2.75) is 71.5 Å². The Hall–Kier alpha value is -0.0800. The number of hydrogen-bond acceptors (Lipinski definition) is 2. The zero-order valence-corrected chi connectivity index (χ0v) is 11.9. The van der Waals surface area contributed by atoms with Crippen LogP contribution in [0.3, 0.4) is 0 Å². The number of nitrogens with zero attached hydrogens (tertiary/aromatic N) is 1. The second-order valence-corrected chi connectivity index (χ2v) is 7.68. The lowest BCUT2D eigenvalue weighted by atomic mass is 9.63. The minimum absolute atomic E-state index is 0.286. The Balaban J connectivity index is 2.37. The molecule has 0 aromatic rings. The van der Waals surface area contributed by atoms with Crippen LogP contribution in [0.5, 0.6) is 0 Å². The van der Waals surface area contributed by atoms with E-state index in [0.29, 0.717) is 11.0 Å². The lowest BCUT2D eigenvalue weighted by Gasteiger charge is -2.64. The predicted molar refractivity (Wildman–Crippen MR) is 69.7 cm³/mol. The molecule has 0 spiro atoms. The molecular weight excluding hydrogens is 196 g/mol. The third kappa shape index (κ3) is 1.70. The van der Waals surface area contributed by atoms with Crippen molar-refractivity contribution in [1.29, 1.82) is 0 Å². The molecule has 0 saturated carbocycles. The van der Waals surface area contributed by atoms with Crippen LogP contribution in [-0.4, -0.2) is 35.1 Å². The summed E-state index contributed by atoms with van der Waals surface area (Å²) in [4.78, 5) is 2.77. The lowest BCUT2D eigenvalue weighted by Crippen LogP contribution is -2.76. The monoisotopic (exact) mass is 224 g/mol. The second-order valence-electron chi connectivity index (χ2n) is 7.68. The van der Waals surface area contributed by atoms with Crippen LogP contribution in [0.25, 0.3) is 0 Å². The van der Waals surface area contributed by atoms with E-state index in [1.807, 2.05) is 0 Å². The average molecular weight is 224 g/mol. The number of fused-ring (bicyclic) bond motifs is 3. The van der Waals surface area contributed by atoms with Gasteiger partial charge in [-0.15, -0.1) is 0 Å². The van der Waals surface area contributed by atoms with Crippen molar-refractivity contribution < 1.29 is 0 Å². The van der Waals surface area contributed by atoms with Gasteiger partial charge in [0.25, 0.3) is 0 Å². The molecular formula is C14H28N2.